The molecule has 2 heterocycles. The van der Waals surface area contributed by atoms with E-state index >= 15 is 0 Å². The SMILES string of the molecule is Cc1cc(C)nc(NCCCC(=O)Nc2ccc3c(c2)C(=O)NC3=O)n1. The molecule has 0 spiro atoms. The molecule has 1 aliphatic heterocycles. The number of nitrogens with zero attached hydrogens (tertiary/aromatic N) is 2. The molecule has 0 unspecified atom stereocenters. The van der Waals surface area contributed by atoms with E-state index in [0.29, 0.717) is 36.6 Å². The van der Waals surface area contributed by atoms with E-state index in [0.717, 1.165) is 11.4 Å². The largest absolute Gasteiger partial charge is 0.354 e. The number of imide groups is 1. The average molecular weight is 353 g/mol. The molecule has 8 heteroatoms. The first-order valence-corrected chi connectivity index (χ1v) is 8.28. The van der Waals surface area contributed by atoms with Gasteiger partial charge in [0, 0.05) is 30.0 Å². The van der Waals surface area contributed by atoms with Crippen molar-refractivity contribution in [3.05, 3.63) is 46.8 Å². The van der Waals surface area contributed by atoms with Crippen LogP contribution in [0.15, 0.2) is 24.3 Å². The Balaban J connectivity index is 1.48. The molecule has 0 fully saturated rings. The summed E-state index contributed by atoms with van der Waals surface area (Å²) in [5.74, 6) is -0.476. The van der Waals surface area contributed by atoms with E-state index in [9.17, 15) is 14.4 Å². The summed E-state index contributed by atoms with van der Waals surface area (Å²) in [5.41, 5.74) is 2.87. The van der Waals surface area contributed by atoms with Crippen LogP contribution in [0.1, 0.15) is 44.9 Å². The first kappa shape index (κ1) is 17.5. The molecule has 1 aromatic carbocycles. The Morgan fingerprint density at radius 1 is 1.04 bits per heavy atom. The van der Waals surface area contributed by atoms with Crippen molar-refractivity contribution in [2.45, 2.75) is 26.7 Å². The zero-order valence-electron chi connectivity index (χ0n) is 14.5. The molecule has 0 aliphatic carbocycles. The third kappa shape index (κ3) is 4.02. The third-order valence-corrected chi connectivity index (χ3v) is 3.87. The van der Waals surface area contributed by atoms with Gasteiger partial charge in [-0.3, -0.25) is 19.7 Å². The van der Waals surface area contributed by atoms with Crippen molar-refractivity contribution >= 4 is 29.4 Å². The number of fused-ring (bicyclic) bond motifs is 1. The topological polar surface area (TPSA) is 113 Å². The number of hydrogen-bond acceptors (Lipinski definition) is 6. The fraction of sp³-hybridized carbons (Fsp3) is 0.278. The minimum Gasteiger partial charge on any atom is -0.354 e. The molecule has 0 radical (unpaired) electrons. The molecule has 134 valence electrons. The lowest BCUT2D eigenvalue weighted by atomic mass is 10.1. The second kappa shape index (κ2) is 7.30. The number of nitrogens with one attached hydrogen (secondary N) is 3. The van der Waals surface area contributed by atoms with E-state index in [1.54, 1.807) is 6.07 Å². The smallest absolute Gasteiger partial charge is 0.259 e. The van der Waals surface area contributed by atoms with E-state index in [1.165, 1.54) is 12.1 Å². The fourth-order valence-corrected chi connectivity index (χ4v) is 2.72. The van der Waals surface area contributed by atoms with E-state index in [-0.39, 0.29) is 11.5 Å². The Morgan fingerprint density at radius 2 is 1.73 bits per heavy atom. The summed E-state index contributed by atoms with van der Waals surface area (Å²) in [6.45, 7) is 4.37. The summed E-state index contributed by atoms with van der Waals surface area (Å²) in [6, 6.07) is 6.54. The van der Waals surface area contributed by atoms with Crippen molar-refractivity contribution in [2.24, 2.45) is 0 Å². The fourth-order valence-electron chi connectivity index (χ4n) is 2.72. The van der Waals surface area contributed by atoms with Crippen LogP contribution in [0.2, 0.25) is 0 Å². The molecule has 8 nitrogen and oxygen atoms in total. The van der Waals surface area contributed by atoms with Crippen molar-refractivity contribution in [3.63, 3.8) is 0 Å². The Morgan fingerprint density at radius 3 is 2.46 bits per heavy atom. The van der Waals surface area contributed by atoms with E-state index < -0.39 is 11.8 Å². The molecule has 0 saturated carbocycles. The molecular formula is C18H19N5O3. The second-order valence-electron chi connectivity index (χ2n) is 6.10. The predicted octanol–water partition coefficient (Wildman–Crippen LogP) is 1.81. The van der Waals surface area contributed by atoms with Crippen LogP contribution in [0.5, 0.6) is 0 Å². The summed E-state index contributed by atoms with van der Waals surface area (Å²) in [4.78, 5) is 43.7. The number of benzene rings is 1. The number of rotatable bonds is 6. The molecule has 2 aromatic rings. The van der Waals surface area contributed by atoms with Crippen LogP contribution in [0.4, 0.5) is 11.6 Å². The normalized spacial score (nSPS) is 12.5. The number of aromatic nitrogens is 2. The van der Waals surface area contributed by atoms with Gasteiger partial charge >= 0.3 is 0 Å². The first-order valence-electron chi connectivity index (χ1n) is 8.28. The lowest BCUT2D eigenvalue weighted by Crippen LogP contribution is -2.19. The van der Waals surface area contributed by atoms with Gasteiger partial charge in [0.15, 0.2) is 0 Å². The first-order chi connectivity index (χ1) is 12.4. The summed E-state index contributed by atoms with van der Waals surface area (Å²) in [6.07, 6.45) is 0.909. The van der Waals surface area contributed by atoms with Crippen LogP contribution >= 0.6 is 0 Å². The highest BCUT2D eigenvalue weighted by molar-refractivity contribution is 6.22. The third-order valence-electron chi connectivity index (χ3n) is 3.87. The van der Waals surface area contributed by atoms with Crippen molar-refractivity contribution in [1.29, 1.82) is 0 Å². The number of hydrogen-bond donors (Lipinski definition) is 3. The zero-order valence-corrected chi connectivity index (χ0v) is 14.5. The van der Waals surface area contributed by atoms with Crippen LogP contribution in [0, 0.1) is 13.8 Å². The molecule has 1 aliphatic rings. The molecule has 3 amide bonds. The highest BCUT2D eigenvalue weighted by Crippen LogP contribution is 2.20. The van der Waals surface area contributed by atoms with Crippen molar-refractivity contribution in [3.8, 4) is 0 Å². The number of carbonyl (C=O) groups excluding carboxylic acids is 3. The van der Waals surface area contributed by atoms with Gasteiger partial charge in [0.2, 0.25) is 11.9 Å². The van der Waals surface area contributed by atoms with Gasteiger partial charge in [0.1, 0.15) is 0 Å². The molecule has 26 heavy (non-hydrogen) atoms. The van der Waals surface area contributed by atoms with Gasteiger partial charge in [-0.1, -0.05) is 0 Å². The van der Waals surface area contributed by atoms with Gasteiger partial charge in [-0.05, 0) is 44.5 Å². The van der Waals surface area contributed by atoms with Crippen LogP contribution in [0.3, 0.4) is 0 Å². The molecular weight excluding hydrogens is 334 g/mol. The van der Waals surface area contributed by atoms with E-state index in [2.05, 4.69) is 25.9 Å². The van der Waals surface area contributed by atoms with Crippen LogP contribution in [-0.2, 0) is 4.79 Å². The Kier molecular flexibility index (Phi) is 4.92. The van der Waals surface area contributed by atoms with Gasteiger partial charge in [-0.15, -0.1) is 0 Å². The molecule has 1 aromatic heterocycles. The molecule has 0 saturated heterocycles. The van der Waals surface area contributed by atoms with Crippen molar-refractivity contribution < 1.29 is 14.4 Å². The number of anilines is 2. The highest BCUT2D eigenvalue weighted by Gasteiger charge is 2.26. The maximum Gasteiger partial charge on any atom is 0.259 e. The standard InChI is InChI=1S/C18H19N5O3/c1-10-8-11(2)21-18(20-10)19-7-3-4-15(24)22-12-5-6-13-14(9-12)17(26)23-16(13)25/h5-6,8-9H,3-4,7H2,1-2H3,(H,22,24)(H,19,20,21)(H,23,25,26). The van der Waals surface area contributed by atoms with Crippen LogP contribution < -0.4 is 16.0 Å². The van der Waals surface area contributed by atoms with E-state index in [4.69, 9.17) is 0 Å². The second-order valence-corrected chi connectivity index (χ2v) is 6.10. The number of carbonyl (C=O) groups is 3. The Labute approximate surface area is 150 Å². The quantitative estimate of drug-likeness (QED) is 0.539. The van der Waals surface area contributed by atoms with Crippen LogP contribution in [0.25, 0.3) is 0 Å². The summed E-state index contributed by atoms with van der Waals surface area (Å²) >= 11 is 0. The Hall–Kier alpha value is -3.29. The maximum absolute atomic E-state index is 12.0. The maximum atomic E-state index is 12.0. The summed E-state index contributed by atoms with van der Waals surface area (Å²) in [7, 11) is 0. The predicted molar refractivity (Wildman–Crippen MR) is 96.1 cm³/mol. The van der Waals surface area contributed by atoms with Gasteiger partial charge < -0.3 is 10.6 Å². The molecule has 0 bridgehead atoms. The zero-order chi connectivity index (χ0) is 18.7. The monoisotopic (exact) mass is 353 g/mol. The number of amides is 3. The van der Waals surface area contributed by atoms with Gasteiger partial charge in [-0.25, -0.2) is 9.97 Å². The van der Waals surface area contributed by atoms with Crippen molar-refractivity contribution in [2.75, 3.05) is 17.2 Å². The van der Waals surface area contributed by atoms with E-state index in [1.807, 2.05) is 19.9 Å². The molecule has 3 rings (SSSR count). The van der Waals surface area contributed by atoms with Crippen LogP contribution in [-0.4, -0.2) is 34.2 Å². The molecule has 3 N–H and O–H groups in total. The lowest BCUT2D eigenvalue weighted by molar-refractivity contribution is -0.116. The Bertz CT molecular complexity index is 874. The highest BCUT2D eigenvalue weighted by atomic mass is 16.2. The number of aryl methyl sites for hydroxylation is 2. The molecule has 0 atom stereocenters. The summed E-state index contributed by atoms with van der Waals surface area (Å²) in [5, 5.41) is 8.05. The van der Waals surface area contributed by atoms with Gasteiger partial charge in [-0.2, -0.15) is 0 Å². The average Bonchev–Trinajstić information content (AvgIpc) is 2.85. The van der Waals surface area contributed by atoms with Gasteiger partial charge in [0.05, 0.1) is 11.1 Å². The van der Waals surface area contributed by atoms with Crippen molar-refractivity contribution in [1.82, 2.24) is 15.3 Å². The lowest BCUT2D eigenvalue weighted by Gasteiger charge is -2.08. The summed E-state index contributed by atoms with van der Waals surface area (Å²) < 4.78 is 0. The minimum absolute atomic E-state index is 0.169. The van der Waals surface area contributed by atoms with Gasteiger partial charge in [0.25, 0.3) is 11.8 Å². The minimum atomic E-state index is -0.446.